The number of halogens is 2. The van der Waals surface area contributed by atoms with Crippen molar-refractivity contribution in [3.8, 4) is 0 Å². The van der Waals surface area contributed by atoms with Crippen molar-refractivity contribution in [2.45, 2.75) is 31.1 Å². The summed E-state index contributed by atoms with van der Waals surface area (Å²) in [5.41, 5.74) is 6.51. The number of anilines is 1. The van der Waals surface area contributed by atoms with Crippen molar-refractivity contribution < 1.29 is 4.79 Å². The number of aromatic nitrogens is 1. The van der Waals surface area contributed by atoms with E-state index in [1.165, 1.54) is 0 Å². The molecule has 1 aliphatic carbocycles. The van der Waals surface area contributed by atoms with E-state index < -0.39 is 0 Å². The molecule has 1 aliphatic heterocycles. The van der Waals surface area contributed by atoms with E-state index in [0.717, 1.165) is 53.1 Å². The zero-order chi connectivity index (χ0) is 13.6. The highest BCUT2D eigenvalue weighted by molar-refractivity contribution is 9.10. The second-order valence-electron chi connectivity index (χ2n) is 5.45. The van der Waals surface area contributed by atoms with E-state index in [0.29, 0.717) is 0 Å². The number of primary amides is 1. The smallest absolute Gasteiger partial charge is 0.220 e. The van der Waals surface area contributed by atoms with E-state index in [1.54, 1.807) is 6.20 Å². The normalized spacial score (nSPS) is 29.1. The maximum Gasteiger partial charge on any atom is 0.220 e. The minimum Gasteiger partial charge on any atom is -0.369 e. The van der Waals surface area contributed by atoms with Crippen LogP contribution in [0, 0.1) is 5.92 Å². The molecule has 2 aliphatic rings. The van der Waals surface area contributed by atoms with Gasteiger partial charge >= 0.3 is 0 Å². The van der Waals surface area contributed by atoms with Crippen LogP contribution in [0.5, 0.6) is 0 Å². The Bertz CT molecular complexity index is 541. The molecule has 1 aromatic heterocycles. The van der Waals surface area contributed by atoms with Crippen molar-refractivity contribution in [1.29, 1.82) is 0 Å². The predicted octanol–water partition coefficient (Wildman–Crippen LogP) is 2.84. The minimum atomic E-state index is -0.181. The lowest BCUT2D eigenvalue weighted by Gasteiger charge is -2.36. The lowest BCUT2D eigenvalue weighted by atomic mass is 9.68. The highest BCUT2D eigenvalue weighted by Gasteiger charge is 2.45. The molecule has 3 rings (SSSR count). The molecule has 6 heteroatoms. The molecule has 1 fully saturated rings. The number of rotatable bonds is 1. The average Bonchev–Trinajstić information content (AvgIpc) is 2.74. The number of hydrogen-bond donors (Lipinski definition) is 2. The van der Waals surface area contributed by atoms with Crippen molar-refractivity contribution in [1.82, 2.24) is 4.98 Å². The fourth-order valence-electron chi connectivity index (χ4n) is 3.31. The van der Waals surface area contributed by atoms with Crippen molar-refractivity contribution in [3.63, 3.8) is 0 Å². The number of carbonyl (C=O) groups excluding carboxylic acids is 1. The summed E-state index contributed by atoms with van der Waals surface area (Å²) < 4.78 is 0.827. The summed E-state index contributed by atoms with van der Waals surface area (Å²) in [4.78, 5) is 15.7. The van der Waals surface area contributed by atoms with E-state index in [9.17, 15) is 4.79 Å². The van der Waals surface area contributed by atoms with E-state index in [-0.39, 0.29) is 17.2 Å². The van der Waals surface area contributed by atoms with E-state index in [1.807, 2.05) is 0 Å². The number of nitrogens with one attached hydrogen (secondary N) is 1. The molecule has 0 unspecified atom stereocenters. The van der Waals surface area contributed by atoms with Gasteiger partial charge in [-0.15, -0.1) is 0 Å². The minimum absolute atomic E-state index is 0.00793. The van der Waals surface area contributed by atoms with Gasteiger partial charge in [0.05, 0.1) is 9.50 Å². The Balaban J connectivity index is 1.94. The van der Waals surface area contributed by atoms with Gasteiger partial charge in [-0.2, -0.15) is 0 Å². The van der Waals surface area contributed by atoms with Crippen LogP contribution in [0.1, 0.15) is 31.2 Å². The molecular formula is C13H15BrClN3O. The molecule has 4 nitrogen and oxygen atoms in total. The van der Waals surface area contributed by atoms with Crippen molar-refractivity contribution in [2.75, 3.05) is 11.9 Å². The van der Waals surface area contributed by atoms with Crippen molar-refractivity contribution in [2.24, 2.45) is 11.7 Å². The molecule has 1 spiro atoms. The fraction of sp³-hybridized carbons (Fsp3) is 0.538. The van der Waals surface area contributed by atoms with Gasteiger partial charge in [0.15, 0.2) is 0 Å². The first-order chi connectivity index (χ1) is 9.03. The van der Waals surface area contributed by atoms with Crippen LogP contribution < -0.4 is 11.1 Å². The summed E-state index contributed by atoms with van der Waals surface area (Å²) in [5.74, 6) is 0.707. The third-order valence-corrected chi connectivity index (χ3v) is 5.66. The number of nitrogens with two attached hydrogens (primary N) is 1. The molecule has 0 aromatic carbocycles. The van der Waals surface area contributed by atoms with E-state index >= 15 is 0 Å². The van der Waals surface area contributed by atoms with Gasteiger partial charge in [-0.3, -0.25) is 4.79 Å². The SMILES string of the molecule is NC(=O)[C@H]1CC[C@@]2(CC1)CNc1ncc(Br)c(Cl)c12. The molecule has 0 bridgehead atoms. The van der Waals surface area contributed by atoms with Crippen LogP contribution in [0.4, 0.5) is 5.82 Å². The van der Waals surface area contributed by atoms with Crippen LogP contribution in [0.2, 0.25) is 5.02 Å². The molecular weight excluding hydrogens is 330 g/mol. The van der Waals surface area contributed by atoms with Crippen molar-refractivity contribution >= 4 is 39.3 Å². The molecule has 0 atom stereocenters. The van der Waals surface area contributed by atoms with Crippen LogP contribution in [-0.4, -0.2) is 17.4 Å². The largest absolute Gasteiger partial charge is 0.369 e. The first kappa shape index (κ1) is 13.2. The second-order valence-corrected chi connectivity index (χ2v) is 6.69. The Morgan fingerprint density at radius 2 is 2.21 bits per heavy atom. The van der Waals surface area contributed by atoms with Gasteiger partial charge in [0, 0.05) is 29.6 Å². The lowest BCUT2D eigenvalue weighted by molar-refractivity contribution is -0.123. The Morgan fingerprint density at radius 1 is 1.53 bits per heavy atom. The molecule has 19 heavy (non-hydrogen) atoms. The highest BCUT2D eigenvalue weighted by Crippen LogP contribution is 2.51. The van der Waals surface area contributed by atoms with E-state index in [2.05, 4.69) is 26.2 Å². The number of nitrogens with zero attached hydrogens (tertiary/aromatic N) is 1. The van der Waals surface area contributed by atoms with Crippen LogP contribution in [0.25, 0.3) is 0 Å². The van der Waals surface area contributed by atoms with Gasteiger partial charge in [0.25, 0.3) is 0 Å². The first-order valence-electron chi connectivity index (χ1n) is 6.41. The monoisotopic (exact) mass is 343 g/mol. The summed E-state index contributed by atoms with van der Waals surface area (Å²) in [6, 6.07) is 0. The van der Waals surface area contributed by atoms with Gasteiger partial charge in [0.2, 0.25) is 5.91 Å². The zero-order valence-electron chi connectivity index (χ0n) is 10.4. The second kappa shape index (κ2) is 4.63. The third-order valence-electron chi connectivity index (χ3n) is 4.44. The molecule has 0 saturated heterocycles. The summed E-state index contributed by atoms with van der Waals surface area (Å²) in [6.45, 7) is 0.844. The number of hydrogen-bond acceptors (Lipinski definition) is 3. The summed E-state index contributed by atoms with van der Waals surface area (Å²) in [6.07, 6.45) is 5.25. The first-order valence-corrected chi connectivity index (χ1v) is 7.58. The van der Waals surface area contributed by atoms with Crippen LogP contribution in [0.15, 0.2) is 10.7 Å². The van der Waals surface area contributed by atoms with Gasteiger partial charge < -0.3 is 11.1 Å². The molecule has 1 aromatic rings. The number of amides is 1. The maximum atomic E-state index is 11.3. The summed E-state index contributed by atoms with van der Waals surface area (Å²) in [7, 11) is 0. The number of carbonyl (C=O) groups is 1. The highest BCUT2D eigenvalue weighted by atomic mass is 79.9. The quantitative estimate of drug-likeness (QED) is 0.823. The van der Waals surface area contributed by atoms with E-state index in [4.69, 9.17) is 17.3 Å². The van der Waals surface area contributed by atoms with Gasteiger partial charge in [-0.25, -0.2) is 4.98 Å². The number of pyridine rings is 1. The standard InChI is InChI=1S/C13H15BrClN3O/c14-8-5-17-12-9(10(8)15)13(6-18-12)3-1-7(2-4-13)11(16)19/h5,7H,1-4,6H2,(H2,16,19)(H,17,18)/t7-,13+. The van der Waals surface area contributed by atoms with Crippen LogP contribution in [-0.2, 0) is 10.2 Å². The Labute approximate surface area is 125 Å². The Kier molecular flexibility index (Phi) is 3.21. The number of fused-ring (bicyclic) bond motifs is 2. The van der Waals surface area contributed by atoms with Crippen molar-refractivity contribution in [3.05, 3.63) is 21.3 Å². The lowest BCUT2D eigenvalue weighted by Crippen LogP contribution is -2.37. The molecule has 2 heterocycles. The Morgan fingerprint density at radius 3 is 2.84 bits per heavy atom. The molecule has 3 N–H and O–H groups in total. The average molecular weight is 345 g/mol. The maximum absolute atomic E-state index is 11.3. The van der Waals surface area contributed by atoms with Crippen LogP contribution in [0.3, 0.4) is 0 Å². The Hall–Kier alpha value is -0.810. The zero-order valence-corrected chi connectivity index (χ0v) is 12.7. The fourth-order valence-corrected chi connectivity index (χ4v) is 3.95. The predicted molar refractivity (Wildman–Crippen MR) is 78.3 cm³/mol. The third kappa shape index (κ3) is 2.03. The summed E-state index contributed by atoms with van der Waals surface area (Å²) >= 11 is 9.88. The molecule has 1 saturated carbocycles. The van der Waals surface area contributed by atoms with Gasteiger partial charge in [-0.05, 0) is 41.6 Å². The summed E-state index contributed by atoms with van der Waals surface area (Å²) in [5, 5.41) is 4.08. The van der Waals surface area contributed by atoms with Crippen LogP contribution >= 0.6 is 27.5 Å². The molecule has 0 radical (unpaired) electrons. The molecule has 102 valence electrons. The topological polar surface area (TPSA) is 68.0 Å². The van der Waals surface area contributed by atoms with Gasteiger partial charge in [0.1, 0.15) is 5.82 Å². The molecule has 1 amide bonds. The van der Waals surface area contributed by atoms with Gasteiger partial charge in [-0.1, -0.05) is 11.6 Å².